The van der Waals surface area contributed by atoms with Crippen LogP contribution >= 0.6 is 11.6 Å². The molecule has 0 bridgehead atoms. The van der Waals surface area contributed by atoms with Gasteiger partial charge in [-0.25, -0.2) is 0 Å². The van der Waals surface area contributed by atoms with Crippen molar-refractivity contribution in [2.75, 3.05) is 6.61 Å². The topological polar surface area (TPSA) is 72.6 Å². The van der Waals surface area contributed by atoms with Gasteiger partial charge in [0.1, 0.15) is 5.75 Å². The number of carbonyl (C=O) groups is 2. The third-order valence-electron chi connectivity index (χ3n) is 4.50. The molecule has 0 heterocycles. The molecule has 0 unspecified atom stereocenters. The van der Waals surface area contributed by atoms with E-state index in [1.165, 1.54) is 18.9 Å². The van der Waals surface area contributed by atoms with Crippen LogP contribution in [0.2, 0.25) is 5.02 Å². The lowest BCUT2D eigenvalue weighted by molar-refractivity contribution is -0.136. The minimum absolute atomic E-state index is 0.00947. The predicted molar refractivity (Wildman–Crippen MR) is 87.6 cm³/mol. The predicted octanol–water partition coefficient (Wildman–Crippen LogP) is 2.75. The van der Waals surface area contributed by atoms with Crippen LogP contribution in [-0.4, -0.2) is 35.4 Å². The molecule has 5 nitrogen and oxygen atoms in total. The van der Waals surface area contributed by atoms with Crippen LogP contribution in [0.4, 0.5) is 0 Å². The molecule has 6 heteroatoms. The van der Waals surface area contributed by atoms with Crippen molar-refractivity contribution in [2.24, 2.45) is 5.73 Å². The van der Waals surface area contributed by atoms with Crippen LogP contribution in [0.25, 0.3) is 0 Å². The lowest BCUT2D eigenvalue weighted by Crippen LogP contribution is -2.43. The van der Waals surface area contributed by atoms with Crippen LogP contribution in [-0.2, 0) is 4.79 Å². The average molecular weight is 337 g/mol. The Morgan fingerprint density at radius 3 is 2.43 bits per heavy atom. The summed E-state index contributed by atoms with van der Waals surface area (Å²) in [6, 6.07) is 5.37. The monoisotopic (exact) mass is 336 g/mol. The Morgan fingerprint density at radius 1 is 1.17 bits per heavy atom. The molecule has 124 valence electrons. The van der Waals surface area contributed by atoms with Crippen molar-refractivity contribution >= 4 is 23.4 Å². The van der Waals surface area contributed by atoms with Gasteiger partial charge in [0.2, 0.25) is 0 Å². The van der Waals surface area contributed by atoms with Gasteiger partial charge in [-0.2, -0.15) is 0 Å². The zero-order valence-electron chi connectivity index (χ0n) is 13.0. The van der Waals surface area contributed by atoms with Gasteiger partial charge < -0.3 is 15.4 Å². The zero-order valence-corrected chi connectivity index (χ0v) is 13.7. The standard InChI is InChI=1S/C17H21ClN2O3/c18-11-5-8-15(14(9-11)17(19)22)23-10-16(21)20(13-6-7-13)12-3-1-2-4-12/h5,8-9,12-13H,1-4,6-7,10H2,(H2,19,22). The van der Waals surface area contributed by atoms with Gasteiger partial charge in [0, 0.05) is 17.1 Å². The largest absolute Gasteiger partial charge is 0.483 e. The summed E-state index contributed by atoms with van der Waals surface area (Å²) in [5.41, 5.74) is 5.53. The number of halogens is 1. The Balaban J connectivity index is 1.67. The third kappa shape index (κ3) is 3.78. The second kappa shape index (κ2) is 6.79. The second-order valence-electron chi connectivity index (χ2n) is 6.26. The first kappa shape index (κ1) is 16.1. The Labute approximate surface area is 140 Å². The minimum atomic E-state index is -0.621. The van der Waals surface area contributed by atoms with E-state index < -0.39 is 5.91 Å². The van der Waals surface area contributed by atoms with Crippen molar-refractivity contribution in [3.8, 4) is 5.75 Å². The van der Waals surface area contributed by atoms with Gasteiger partial charge in [-0.1, -0.05) is 24.4 Å². The molecule has 0 saturated heterocycles. The van der Waals surface area contributed by atoms with Crippen molar-refractivity contribution in [3.05, 3.63) is 28.8 Å². The van der Waals surface area contributed by atoms with E-state index in [1.54, 1.807) is 12.1 Å². The molecule has 2 aliphatic rings. The van der Waals surface area contributed by atoms with E-state index in [9.17, 15) is 9.59 Å². The molecule has 0 aromatic heterocycles. The van der Waals surface area contributed by atoms with E-state index in [0.717, 1.165) is 25.7 Å². The summed E-state index contributed by atoms with van der Waals surface area (Å²) in [6.07, 6.45) is 6.69. The molecular weight excluding hydrogens is 316 g/mol. The van der Waals surface area contributed by atoms with Crippen molar-refractivity contribution < 1.29 is 14.3 Å². The molecule has 23 heavy (non-hydrogen) atoms. The summed E-state index contributed by atoms with van der Waals surface area (Å²) in [5.74, 6) is -0.327. The SMILES string of the molecule is NC(=O)c1cc(Cl)ccc1OCC(=O)N(C1CCCC1)C1CC1. The Bertz CT molecular complexity index is 610. The Morgan fingerprint density at radius 2 is 1.83 bits per heavy atom. The van der Waals surface area contributed by atoms with E-state index >= 15 is 0 Å². The van der Waals surface area contributed by atoms with Crippen molar-refractivity contribution in [1.29, 1.82) is 0 Å². The number of hydrogen-bond donors (Lipinski definition) is 1. The summed E-state index contributed by atoms with van der Waals surface area (Å²) in [4.78, 5) is 26.1. The van der Waals surface area contributed by atoms with Gasteiger partial charge >= 0.3 is 0 Å². The van der Waals surface area contributed by atoms with Gasteiger partial charge in [-0.05, 0) is 43.9 Å². The molecule has 2 N–H and O–H groups in total. The Hall–Kier alpha value is -1.75. The molecule has 1 aromatic rings. The highest BCUT2D eigenvalue weighted by molar-refractivity contribution is 6.31. The van der Waals surface area contributed by atoms with Crippen LogP contribution in [0.15, 0.2) is 18.2 Å². The molecule has 3 rings (SSSR count). The maximum Gasteiger partial charge on any atom is 0.261 e. The van der Waals surface area contributed by atoms with Gasteiger partial charge in [-0.15, -0.1) is 0 Å². The summed E-state index contributed by atoms with van der Waals surface area (Å²) in [6.45, 7) is -0.0745. The number of rotatable bonds is 6. The number of nitrogens with two attached hydrogens (primary N) is 1. The normalized spacial score (nSPS) is 18.0. The summed E-state index contributed by atoms with van der Waals surface area (Å²) in [7, 11) is 0. The molecule has 2 aliphatic carbocycles. The van der Waals surface area contributed by atoms with Crippen LogP contribution in [0.1, 0.15) is 48.9 Å². The number of ether oxygens (including phenoxy) is 1. The van der Waals surface area contributed by atoms with Gasteiger partial charge in [0.05, 0.1) is 5.56 Å². The van der Waals surface area contributed by atoms with Gasteiger partial charge in [-0.3, -0.25) is 9.59 Å². The number of hydrogen-bond acceptors (Lipinski definition) is 3. The van der Waals surface area contributed by atoms with Crippen LogP contribution < -0.4 is 10.5 Å². The van der Waals surface area contributed by atoms with Crippen LogP contribution in [0.3, 0.4) is 0 Å². The maximum absolute atomic E-state index is 12.6. The smallest absolute Gasteiger partial charge is 0.261 e. The lowest BCUT2D eigenvalue weighted by atomic mass is 10.2. The number of carbonyl (C=O) groups excluding carboxylic acids is 2. The molecule has 0 aliphatic heterocycles. The molecule has 2 fully saturated rings. The first-order chi connectivity index (χ1) is 11.1. The first-order valence-corrected chi connectivity index (χ1v) is 8.47. The van der Waals surface area contributed by atoms with Crippen molar-refractivity contribution in [1.82, 2.24) is 4.90 Å². The second-order valence-corrected chi connectivity index (χ2v) is 6.70. The Kier molecular flexibility index (Phi) is 4.76. The van der Waals surface area contributed by atoms with Gasteiger partial charge in [0.15, 0.2) is 6.61 Å². The fraction of sp³-hybridized carbons (Fsp3) is 0.529. The zero-order chi connectivity index (χ0) is 16.4. The van der Waals surface area contributed by atoms with E-state index in [0.29, 0.717) is 22.9 Å². The first-order valence-electron chi connectivity index (χ1n) is 8.09. The molecule has 0 spiro atoms. The summed E-state index contributed by atoms with van der Waals surface area (Å²) in [5, 5.41) is 0.406. The summed E-state index contributed by atoms with van der Waals surface area (Å²) < 4.78 is 5.58. The minimum Gasteiger partial charge on any atom is -0.483 e. The highest BCUT2D eigenvalue weighted by atomic mass is 35.5. The number of primary amides is 1. The van der Waals surface area contributed by atoms with Crippen molar-refractivity contribution in [3.63, 3.8) is 0 Å². The van der Waals surface area contributed by atoms with E-state index in [4.69, 9.17) is 22.1 Å². The highest BCUT2D eigenvalue weighted by Crippen LogP contribution is 2.34. The van der Waals surface area contributed by atoms with Crippen molar-refractivity contribution in [2.45, 2.75) is 50.6 Å². The summed E-state index contributed by atoms with van der Waals surface area (Å²) >= 11 is 5.87. The maximum atomic E-state index is 12.6. The average Bonchev–Trinajstić information content (AvgIpc) is 3.20. The van der Waals surface area contributed by atoms with E-state index in [1.807, 2.05) is 4.90 Å². The van der Waals surface area contributed by atoms with Crippen LogP contribution in [0.5, 0.6) is 5.75 Å². The fourth-order valence-electron chi connectivity index (χ4n) is 3.28. The number of benzene rings is 1. The van der Waals surface area contributed by atoms with E-state index in [2.05, 4.69) is 0 Å². The lowest BCUT2D eigenvalue weighted by Gasteiger charge is -2.29. The molecule has 0 radical (unpaired) electrons. The molecule has 2 saturated carbocycles. The third-order valence-corrected chi connectivity index (χ3v) is 4.74. The van der Waals surface area contributed by atoms with E-state index in [-0.39, 0.29) is 18.1 Å². The molecule has 1 aromatic carbocycles. The molecule has 2 amide bonds. The highest BCUT2D eigenvalue weighted by Gasteiger charge is 2.38. The molecule has 0 atom stereocenters. The quantitative estimate of drug-likeness (QED) is 0.868. The molecular formula is C17H21ClN2O3. The van der Waals surface area contributed by atoms with Gasteiger partial charge in [0.25, 0.3) is 11.8 Å². The fourth-order valence-corrected chi connectivity index (χ4v) is 3.45. The number of nitrogens with zero attached hydrogens (tertiary/aromatic N) is 1. The van der Waals surface area contributed by atoms with Crippen LogP contribution in [0, 0.1) is 0 Å². The number of amides is 2.